The van der Waals surface area contributed by atoms with Gasteiger partial charge in [-0.1, -0.05) is 35.0 Å². The van der Waals surface area contributed by atoms with Gasteiger partial charge in [-0.2, -0.15) is 0 Å². The zero-order chi connectivity index (χ0) is 22.0. The number of aromatic nitrogens is 2. The van der Waals surface area contributed by atoms with E-state index in [9.17, 15) is 9.59 Å². The van der Waals surface area contributed by atoms with Crippen molar-refractivity contribution in [2.45, 2.75) is 17.6 Å². The van der Waals surface area contributed by atoms with Gasteiger partial charge in [-0.3, -0.25) is 9.59 Å². The van der Waals surface area contributed by atoms with Gasteiger partial charge in [0.2, 0.25) is 11.8 Å². The lowest BCUT2D eigenvalue weighted by Crippen LogP contribution is -2.24. The highest BCUT2D eigenvalue weighted by atomic mass is 35.5. The van der Waals surface area contributed by atoms with Gasteiger partial charge in [0.1, 0.15) is 5.75 Å². The molecule has 1 atom stereocenters. The Labute approximate surface area is 192 Å². The maximum atomic E-state index is 12.5. The van der Waals surface area contributed by atoms with Gasteiger partial charge in [0, 0.05) is 29.2 Å². The molecule has 0 spiro atoms. The van der Waals surface area contributed by atoms with E-state index in [1.54, 1.807) is 47.4 Å². The third-order valence-corrected chi connectivity index (χ3v) is 6.20. The van der Waals surface area contributed by atoms with Crippen molar-refractivity contribution in [3.63, 3.8) is 0 Å². The Bertz CT molecular complexity index is 1120. The number of ether oxygens (including phenoxy) is 1. The number of anilines is 1. The van der Waals surface area contributed by atoms with Crippen LogP contribution in [0.4, 0.5) is 5.69 Å². The van der Waals surface area contributed by atoms with E-state index in [1.807, 2.05) is 0 Å². The zero-order valence-electron chi connectivity index (χ0n) is 16.4. The molecule has 0 saturated carbocycles. The largest absolute Gasteiger partial charge is 0.495 e. The van der Waals surface area contributed by atoms with Crippen molar-refractivity contribution in [3.05, 3.63) is 64.0 Å². The van der Waals surface area contributed by atoms with Crippen LogP contribution in [0.25, 0.3) is 0 Å². The van der Waals surface area contributed by atoms with Gasteiger partial charge in [0.25, 0.3) is 5.22 Å². The number of carbonyl (C=O) groups is 2. The third kappa shape index (κ3) is 4.87. The number of thioether (sulfide) groups is 1. The fraction of sp³-hybridized carbons (Fsp3) is 0.238. The predicted octanol–water partition coefficient (Wildman–Crippen LogP) is 4.88. The van der Waals surface area contributed by atoms with Gasteiger partial charge >= 0.3 is 0 Å². The molecule has 0 aliphatic carbocycles. The van der Waals surface area contributed by atoms with Crippen LogP contribution in [0.1, 0.15) is 28.6 Å². The molecule has 7 nitrogen and oxygen atoms in total. The Morgan fingerprint density at radius 1 is 1.23 bits per heavy atom. The SMILES string of the molecule is COc1ccc(N2C[C@@H](c3nnc(SCC(=O)c4ccc(Cl)cc4)o3)CC2=O)cc1Cl. The fourth-order valence-electron chi connectivity index (χ4n) is 3.24. The summed E-state index contributed by atoms with van der Waals surface area (Å²) in [6.45, 7) is 0.400. The third-order valence-electron chi connectivity index (χ3n) is 4.84. The molecule has 1 saturated heterocycles. The van der Waals surface area contributed by atoms with E-state index in [4.69, 9.17) is 32.4 Å². The summed E-state index contributed by atoms with van der Waals surface area (Å²) < 4.78 is 10.9. The second kappa shape index (κ2) is 9.30. The zero-order valence-corrected chi connectivity index (χ0v) is 18.7. The van der Waals surface area contributed by atoms with Crippen molar-refractivity contribution in [1.29, 1.82) is 0 Å². The Kier molecular flexibility index (Phi) is 6.50. The highest BCUT2D eigenvalue weighted by Gasteiger charge is 2.35. The van der Waals surface area contributed by atoms with Crippen molar-refractivity contribution in [2.75, 3.05) is 24.3 Å². The van der Waals surface area contributed by atoms with E-state index in [2.05, 4.69) is 10.2 Å². The average Bonchev–Trinajstić information content (AvgIpc) is 3.39. The summed E-state index contributed by atoms with van der Waals surface area (Å²) in [5, 5.41) is 9.37. The Morgan fingerprint density at radius 3 is 2.71 bits per heavy atom. The van der Waals surface area contributed by atoms with Crippen molar-refractivity contribution in [2.24, 2.45) is 0 Å². The minimum absolute atomic E-state index is 0.0587. The number of Topliss-reactive ketones (excluding diaryl/α,β-unsaturated/α-hetero) is 1. The number of carbonyl (C=O) groups excluding carboxylic acids is 2. The predicted molar refractivity (Wildman–Crippen MR) is 119 cm³/mol. The molecule has 31 heavy (non-hydrogen) atoms. The summed E-state index contributed by atoms with van der Waals surface area (Å²) in [5.74, 6) is 0.708. The summed E-state index contributed by atoms with van der Waals surface area (Å²) >= 11 is 13.2. The molecule has 1 aliphatic rings. The summed E-state index contributed by atoms with van der Waals surface area (Å²) in [4.78, 5) is 26.4. The molecule has 1 aliphatic heterocycles. The van der Waals surface area contributed by atoms with Crippen LogP contribution >= 0.6 is 35.0 Å². The van der Waals surface area contributed by atoms with Crippen molar-refractivity contribution in [1.82, 2.24) is 10.2 Å². The number of hydrogen-bond acceptors (Lipinski definition) is 7. The minimum Gasteiger partial charge on any atom is -0.495 e. The molecule has 0 N–H and O–H groups in total. The second-order valence-corrected chi connectivity index (χ2v) is 8.62. The smallest absolute Gasteiger partial charge is 0.277 e. The van der Waals surface area contributed by atoms with Crippen LogP contribution in [0.15, 0.2) is 52.1 Å². The van der Waals surface area contributed by atoms with Gasteiger partial charge in [-0.25, -0.2) is 0 Å². The summed E-state index contributed by atoms with van der Waals surface area (Å²) in [6, 6.07) is 11.9. The van der Waals surface area contributed by atoms with E-state index < -0.39 is 0 Å². The Morgan fingerprint density at radius 2 is 2.00 bits per heavy atom. The number of benzene rings is 2. The monoisotopic (exact) mass is 477 g/mol. The van der Waals surface area contributed by atoms with Gasteiger partial charge in [0.15, 0.2) is 5.78 Å². The number of amides is 1. The Hall–Kier alpha value is -2.55. The lowest BCUT2D eigenvalue weighted by atomic mass is 10.1. The van der Waals surface area contributed by atoms with Crippen LogP contribution in [0.5, 0.6) is 5.75 Å². The molecule has 0 unspecified atom stereocenters. The lowest BCUT2D eigenvalue weighted by molar-refractivity contribution is -0.117. The highest BCUT2D eigenvalue weighted by molar-refractivity contribution is 7.99. The molecule has 1 aromatic heterocycles. The molecule has 1 fully saturated rings. The molecule has 3 aromatic rings. The molecule has 1 amide bonds. The molecular weight excluding hydrogens is 461 g/mol. The first-order chi connectivity index (χ1) is 14.9. The summed E-state index contributed by atoms with van der Waals surface area (Å²) in [5.41, 5.74) is 1.24. The normalized spacial score (nSPS) is 16.0. The first-order valence-electron chi connectivity index (χ1n) is 9.33. The van der Waals surface area contributed by atoms with Gasteiger partial charge in [-0.15, -0.1) is 10.2 Å². The Balaban J connectivity index is 1.39. The van der Waals surface area contributed by atoms with Crippen LogP contribution in [-0.2, 0) is 4.79 Å². The number of rotatable bonds is 7. The van der Waals surface area contributed by atoms with Gasteiger partial charge < -0.3 is 14.1 Å². The average molecular weight is 478 g/mol. The molecular formula is C21H17Cl2N3O4S. The summed E-state index contributed by atoms with van der Waals surface area (Å²) in [7, 11) is 1.53. The molecule has 4 rings (SSSR count). The maximum Gasteiger partial charge on any atom is 0.277 e. The molecule has 2 heterocycles. The van der Waals surface area contributed by atoms with Crippen LogP contribution in [0.2, 0.25) is 10.0 Å². The molecule has 10 heteroatoms. The van der Waals surface area contributed by atoms with Crippen LogP contribution in [0, 0.1) is 0 Å². The topological polar surface area (TPSA) is 85.5 Å². The summed E-state index contributed by atoms with van der Waals surface area (Å²) in [6.07, 6.45) is 0.250. The molecule has 160 valence electrons. The first kappa shape index (κ1) is 21.7. The fourth-order valence-corrected chi connectivity index (χ4v) is 4.28. The van der Waals surface area contributed by atoms with Crippen molar-refractivity contribution in [3.8, 4) is 5.75 Å². The number of methoxy groups -OCH3 is 1. The minimum atomic E-state index is -0.234. The number of halogens is 2. The number of nitrogens with zero attached hydrogens (tertiary/aromatic N) is 3. The van der Waals surface area contributed by atoms with Gasteiger partial charge in [-0.05, 0) is 42.5 Å². The highest BCUT2D eigenvalue weighted by Crippen LogP contribution is 2.35. The van der Waals surface area contributed by atoms with E-state index >= 15 is 0 Å². The molecule has 0 bridgehead atoms. The molecule has 0 radical (unpaired) electrons. The standard InChI is InChI=1S/C21H17Cl2N3O4S/c1-29-18-7-6-15(9-16(18)23)26-10-13(8-19(26)28)20-24-25-21(30-20)31-11-17(27)12-2-4-14(22)5-3-12/h2-7,9,13H,8,10-11H2,1H3/t13-/m0/s1. The number of ketones is 1. The first-order valence-corrected chi connectivity index (χ1v) is 11.1. The van der Waals surface area contributed by atoms with Gasteiger partial charge in [0.05, 0.1) is 23.8 Å². The quantitative estimate of drug-likeness (QED) is 0.353. The van der Waals surface area contributed by atoms with Crippen LogP contribution in [0.3, 0.4) is 0 Å². The number of hydrogen-bond donors (Lipinski definition) is 0. The van der Waals surface area contributed by atoms with E-state index in [-0.39, 0.29) is 35.0 Å². The second-order valence-electron chi connectivity index (χ2n) is 6.85. The van der Waals surface area contributed by atoms with E-state index in [1.165, 1.54) is 7.11 Å². The van der Waals surface area contributed by atoms with E-state index in [0.717, 1.165) is 11.8 Å². The van der Waals surface area contributed by atoms with E-state index in [0.29, 0.717) is 39.5 Å². The maximum absolute atomic E-state index is 12.5. The molecule has 2 aromatic carbocycles. The van der Waals surface area contributed by atoms with Crippen molar-refractivity contribution < 1.29 is 18.7 Å². The lowest BCUT2D eigenvalue weighted by Gasteiger charge is -2.17. The van der Waals surface area contributed by atoms with Crippen LogP contribution in [-0.4, -0.2) is 41.3 Å². The van der Waals surface area contributed by atoms with Crippen LogP contribution < -0.4 is 9.64 Å². The van der Waals surface area contributed by atoms with Crippen molar-refractivity contribution >= 4 is 52.3 Å².